The van der Waals surface area contributed by atoms with Gasteiger partial charge < -0.3 is 19.7 Å². The van der Waals surface area contributed by atoms with E-state index in [2.05, 4.69) is 29.0 Å². The predicted molar refractivity (Wildman–Crippen MR) is 126 cm³/mol. The molecule has 1 N–H and O–H groups in total. The third-order valence-corrected chi connectivity index (χ3v) is 8.71. The van der Waals surface area contributed by atoms with Gasteiger partial charge in [-0.25, -0.2) is 8.42 Å². The fraction of sp³-hybridized carbons (Fsp3) is 0.696. The van der Waals surface area contributed by atoms with Gasteiger partial charge in [-0.05, 0) is 44.9 Å². The number of nitrogens with zero attached hydrogens (tertiary/aromatic N) is 3. The molecule has 3 fully saturated rings. The Morgan fingerprint density at radius 1 is 0.970 bits per heavy atom. The number of sulfonamides is 1. The summed E-state index contributed by atoms with van der Waals surface area (Å²) >= 11 is 0. The van der Waals surface area contributed by atoms with Gasteiger partial charge in [-0.15, -0.1) is 0 Å². The van der Waals surface area contributed by atoms with Crippen molar-refractivity contribution in [2.24, 2.45) is 0 Å². The summed E-state index contributed by atoms with van der Waals surface area (Å²) in [5, 5.41) is 3.08. The second kappa shape index (κ2) is 10.3. The topological polar surface area (TPSA) is 91.4 Å². The standard InChI is InChI=1S/C23H36N4O5S/c1-23(2,26-9-13-31-14-10-26)18-24-22(28)20-17-19(5-6-21(20)25-7-3-4-8-25)33(29,30)27-11-15-32-16-12-27/h5-6,17H,3-4,7-16,18H2,1-2H3,(H,24,28). The van der Waals surface area contributed by atoms with Crippen molar-refractivity contribution in [3.05, 3.63) is 23.8 Å². The Hall–Kier alpha value is -1.72. The van der Waals surface area contributed by atoms with Crippen molar-refractivity contribution in [3.8, 4) is 0 Å². The molecular weight excluding hydrogens is 444 g/mol. The minimum absolute atomic E-state index is 0.157. The van der Waals surface area contributed by atoms with E-state index in [0.717, 1.165) is 44.7 Å². The number of carbonyl (C=O) groups excluding carboxylic acids is 1. The zero-order chi connectivity index (χ0) is 23.5. The first kappa shape index (κ1) is 24.4. The summed E-state index contributed by atoms with van der Waals surface area (Å²) in [5.74, 6) is -0.239. The summed E-state index contributed by atoms with van der Waals surface area (Å²) in [6, 6.07) is 4.98. The van der Waals surface area contributed by atoms with Gasteiger partial charge in [0.2, 0.25) is 10.0 Å². The molecule has 9 nitrogen and oxygen atoms in total. The van der Waals surface area contributed by atoms with Gasteiger partial charge in [0.05, 0.1) is 36.9 Å². The monoisotopic (exact) mass is 480 g/mol. The minimum atomic E-state index is -3.69. The van der Waals surface area contributed by atoms with Crippen LogP contribution in [0.15, 0.2) is 23.1 Å². The van der Waals surface area contributed by atoms with E-state index in [1.807, 2.05) is 0 Å². The van der Waals surface area contributed by atoms with Crippen LogP contribution >= 0.6 is 0 Å². The van der Waals surface area contributed by atoms with Gasteiger partial charge in [0.25, 0.3) is 5.91 Å². The summed E-state index contributed by atoms with van der Waals surface area (Å²) in [6.07, 6.45) is 2.14. The molecule has 1 aromatic rings. The summed E-state index contributed by atoms with van der Waals surface area (Å²) < 4.78 is 38.6. The summed E-state index contributed by atoms with van der Waals surface area (Å²) in [7, 11) is -3.69. The molecule has 0 radical (unpaired) electrons. The van der Waals surface area contributed by atoms with Crippen LogP contribution < -0.4 is 10.2 Å². The van der Waals surface area contributed by atoms with Crippen molar-refractivity contribution in [3.63, 3.8) is 0 Å². The molecule has 1 aromatic carbocycles. The number of amides is 1. The number of morpholine rings is 2. The van der Waals surface area contributed by atoms with Gasteiger partial charge in [0.15, 0.2) is 0 Å². The molecule has 0 bridgehead atoms. The Balaban J connectivity index is 1.57. The molecule has 4 rings (SSSR count). The molecule has 0 unspecified atom stereocenters. The molecular formula is C23H36N4O5S. The smallest absolute Gasteiger partial charge is 0.253 e. The molecule has 184 valence electrons. The first-order valence-corrected chi connectivity index (χ1v) is 13.3. The molecule has 0 saturated carbocycles. The van der Waals surface area contributed by atoms with Crippen LogP contribution in [0.5, 0.6) is 0 Å². The highest BCUT2D eigenvalue weighted by Crippen LogP contribution is 2.29. The van der Waals surface area contributed by atoms with Gasteiger partial charge in [0, 0.05) is 57.0 Å². The van der Waals surface area contributed by atoms with E-state index in [-0.39, 0.29) is 16.3 Å². The van der Waals surface area contributed by atoms with Crippen molar-refractivity contribution < 1.29 is 22.7 Å². The molecule has 3 aliphatic rings. The maximum atomic E-state index is 13.4. The second-order valence-electron chi connectivity index (χ2n) is 9.48. The Kier molecular flexibility index (Phi) is 7.59. The predicted octanol–water partition coefficient (Wildman–Crippen LogP) is 1.15. The normalized spacial score (nSPS) is 21.3. The number of nitrogens with one attached hydrogen (secondary N) is 1. The van der Waals surface area contributed by atoms with Crippen molar-refractivity contribution in [2.75, 3.05) is 77.1 Å². The lowest BCUT2D eigenvalue weighted by molar-refractivity contribution is -0.00923. The van der Waals surface area contributed by atoms with E-state index in [1.54, 1.807) is 18.2 Å². The molecule has 0 spiro atoms. The van der Waals surface area contributed by atoms with Crippen LogP contribution in [0.1, 0.15) is 37.0 Å². The number of hydrogen-bond acceptors (Lipinski definition) is 7. The van der Waals surface area contributed by atoms with Gasteiger partial charge in [-0.1, -0.05) is 0 Å². The van der Waals surface area contributed by atoms with Gasteiger partial charge >= 0.3 is 0 Å². The Labute approximate surface area is 197 Å². The lowest BCUT2D eigenvalue weighted by Crippen LogP contribution is -2.55. The minimum Gasteiger partial charge on any atom is -0.379 e. The molecule has 1 amide bonds. The first-order valence-electron chi connectivity index (χ1n) is 11.9. The zero-order valence-corrected chi connectivity index (χ0v) is 20.5. The zero-order valence-electron chi connectivity index (χ0n) is 19.7. The highest BCUT2D eigenvalue weighted by molar-refractivity contribution is 7.89. The maximum absolute atomic E-state index is 13.4. The Morgan fingerprint density at radius 2 is 1.58 bits per heavy atom. The molecule has 3 aliphatic heterocycles. The SMILES string of the molecule is CC(C)(CNC(=O)c1cc(S(=O)(=O)N2CCOCC2)ccc1N1CCCC1)N1CCOCC1. The molecule has 10 heteroatoms. The van der Waals surface area contributed by atoms with Crippen LogP contribution in [0.2, 0.25) is 0 Å². The number of rotatable bonds is 7. The van der Waals surface area contributed by atoms with Crippen LogP contribution in [-0.4, -0.2) is 101 Å². The van der Waals surface area contributed by atoms with Crippen LogP contribution in [0.25, 0.3) is 0 Å². The highest BCUT2D eigenvalue weighted by Gasteiger charge is 2.31. The van der Waals surface area contributed by atoms with Crippen LogP contribution in [0.4, 0.5) is 5.69 Å². The largest absolute Gasteiger partial charge is 0.379 e. The van der Waals surface area contributed by atoms with E-state index in [0.29, 0.717) is 51.6 Å². The molecule has 33 heavy (non-hydrogen) atoms. The van der Waals surface area contributed by atoms with E-state index in [4.69, 9.17) is 9.47 Å². The highest BCUT2D eigenvalue weighted by atomic mass is 32.2. The summed E-state index contributed by atoms with van der Waals surface area (Å²) in [6.45, 7) is 10.9. The third-order valence-electron chi connectivity index (χ3n) is 6.82. The first-order chi connectivity index (χ1) is 15.8. The summed E-state index contributed by atoms with van der Waals surface area (Å²) in [4.78, 5) is 18.0. The molecule has 0 aromatic heterocycles. The van der Waals surface area contributed by atoms with Crippen molar-refractivity contribution in [1.29, 1.82) is 0 Å². The number of ether oxygens (including phenoxy) is 2. The lowest BCUT2D eigenvalue weighted by atomic mass is 10.0. The maximum Gasteiger partial charge on any atom is 0.253 e. The van der Waals surface area contributed by atoms with E-state index < -0.39 is 10.0 Å². The number of anilines is 1. The average molecular weight is 481 g/mol. The van der Waals surface area contributed by atoms with E-state index >= 15 is 0 Å². The van der Waals surface area contributed by atoms with Gasteiger partial charge in [-0.2, -0.15) is 4.31 Å². The van der Waals surface area contributed by atoms with Crippen LogP contribution in [-0.2, 0) is 19.5 Å². The number of benzene rings is 1. The molecule has 3 saturated heterocycles. The Bertz CT molecular complexity index is 934. The number of hydrogen-bond donors (Lipinski definition) is 1. The van der Waals surface area contributed by atoms with Crippen molar-refractivity contribution >= 4 is 21.6 Å². The fourth-order valence-electron chi connectivity index (χ4n) is 4.70. The second-order valence-corrected chi connectivity index (χ2v) is 11.4. The fourth-order valence-corrected chi connectivity index (χ4v) is 6.13. The molecule has 0 aliphatic carbocycles. The van der Waals surface area contributed by atoms with E-state index in [1.165, 1.54) is 4.31 Å². The lowest BCUT2D eigenvalue weighted by Gasteiger charge is -2.40. The Morgan fingerprint density at radius 3 is 2.21 bits per heavy atom. The summed E-state index contributed by atoms with van der Waals surface area (Å²) in [5.41, 5.74) is 0.990. The van der Waals surface area contributed by atoms with Gasteiger partial charge in [0.1, 0.15) is 0 Å². The quantitative estimate of drug-likeness (QED) is 0.626. The van der Waals surface area contributed by atoms with E-state index in [9.17, 15) is 13.2 Å². The third kappa shape index (κ3) is 5.51. The molecule has 0 atom stereocenters. The van der Waals surface area contributed by atoms with Crippen molar-refractivity contribution in [1.82, 2.24) is 14.5 Å². The van der Waals surface area contributed by atoms with Crippen LogP contribution in [0.3, 0.4) is 0 Å². The van der Waals surface area contributed by atoms with Crippen molar-refractivity contribution in [2.45, 2.75) is 37.1 Å². The van der Waals surface area contributed by atoms with Crippen LogP contribution in [0, 0.1) is 0 Å². The van der Waals surface area contributed by atoms with Gasteiger partial charge in [-0.3, -0.25) is 9.69 Å². The number of carbonyl (C=O) groups is 1. The average Bonchev–Trinajstić information content (AvgIpc) is 3.38. The molecule has 3 heterocycles.